The molecule has 0 saturated carbocycles. The number of rotatable bonds is 22. The first-order chi connectivity index (χ1) is 16.5. The van der Waals surface area contributed by atoms with Crippen LogP contribution in [0, 0.1) is 10.1 Å². The Bertz CT molecular complexity index is 665. The molecule has 194 valence electrons. The largest absolute Gasteiger partial charge is 0.490 e. The van der Waals surface area contributed by atoms with Gasteiger partial charge in [-0.05, 0) is 11.6 Å². The third-order valence-corrected chi connectivity index (χ3v) is 4.25. The van der Waals surface area contributed by atoms with Gasteiger partial charge in [-0.15, -0.1) is 0 Å². The second-order valence-electron chi connectivity index (χ2n) is 6.48. The van der Waals surface area contributed by atoms with E-state index in [1.54, 1.807) is 14.2 Å². The minimum atomic E-state index is -0.895. The second kappa shape index (κ2) is 19.3. The van der Waals surface area contributed by atoms with Crippen LogP contribution in [0.1, 0.15) is 10.4 Å². The van der Waals surface area contributed by atoms with E-state index in [1.165, 1.54) is 6.07 Å². The Balaban J connectivity index is 2.55. The van der Waals surface area contributed by atoms with E-state index in [-0.39, 0.29) is 43.5 Å². The van der Waals surface area contributed by atoms with Crippen LogP contribution in [0.5, 0.6) is 11.5 Å². The first kappa shape index (κ1) is 30.0. The first-order valence-electron chi connectivity index (χ1n) is 10.6. The molecule has 1 aromatic rings. The number of carbonyl (C=O) groups excluding carboxylic acids is 1. The molecule has 0 aliphatic heterocycles. The van der Waals surface area contributed by atoms with Crippen LogP contribution in [0.15, 0.2) is 12.1 Å². The van der Waals surface area contributed by atoms with Crippen molar-refractivity contribution >= 4 is 22.5 Å². The zero-order valence-electron chi connectivity index (χ0n) is 19.5. The number of ether oxygens (including phenoxy) is 8. The van der Waals surface area contributed by atoms with Gasteiger partial charge in [-0.25, -0.2) is 0 Å². The van der Waals surface area contributed by atoms with Gasteiger partial charge in [0, 0.05) is 26.4 Å². The Labute approximate surface area is 203 Å². The van der Waals surface area contributed by atoms with Gasteiger partial charge in [0.15, 0.2) is 0 Å². The molecule has 12 nitrogen and oxygen atoms in total. The third-order valence-electron chi connectivity index (χ3n) is 4.05. The standard InChI is InChI=1S/C21H32ClNO11/c1-27-3-5-29-7-9-31-11-13-33-19-16-20(18(23(25)26)15-17(19)21(22)24)34-14-12-32-10-8-30-6-4-28-2/h15-16H,3-14H2,1-2H3. The van der Waals surface area contributed by atoms with Crippen LogP contribution in [0.2, 0.25) is 0 Å². The topological polar surface area (TPSA) is 134 Å². The molecule has 0 unspecified atom stereocenters. The van der Waals surface area contributed by atoms with Crippen molar-refractivity contribution in [1.82, 2.24) is 0 Å². The highest BCUT2D eigenvalue weighted by Crippen LogP contribution is 2.35. The van der Waals surface area contributed by atoms with Gasteiger partial charge in [0.05, 0.1) is 76.6 Å². The molecule has 0 atom stereocenters. The van der Waals surface area contributed by atoms with Crippen LogP contribution < -0.4 is 9.47 Å². The van der Waals surface area contributed by atoms with Crippen molar-refractivity contribution in [2.75, 3.05) is 93.5 Å². The molecule has 0 aliphatic carbocycles. The van der Waals surface area contributed by atoms with Crippen LogP contribution in [-0.4, -0.2) is 104 Å². The number of nitro benzene ring substituents is 1. The van der Waals surface area contributed by atoms with E-state index in [2.05, 4.69) is 0 Å². The molecule has 1 rings (SSSR count). The van der Waals surface area contributed by atoms with E-state index in [0.717, 1.165) is 6.07 Å². The van der Waals surface area contributed by atoms with E-state index in [1.807, 2.05) is 0 Å². The fourth-order valence-electron chi connectivity index (χ4n) is 2.43. The maximum atomic E-state index is 11.8. The van der Waals surface area contributed by atoms with Gasteiger partial charge in [0.2, 0.25) is 5.75 Å². The summed E-state index contributed by atoms with van der Waals surface area (Å²) in [4.78, 5) is 22.5. The van der Waals surface area contributed by atoms with Crippen molar-refractivity contribution < 1.29 is 47.6 Å². The van der Waals surface area contributed by atoms with Crippen molar-refractivity contribution in [3.8, 4) is 11.5 Å². The molecule has 0 amide bonds. The predicted molar refractivity (Wildman–Crippen MR) is 121 cm³/mol. The van der Waals surface area contributed by atoms with Gasteiger partial charge in [0.1, 0.15) is 19.0 Å². The predicted octanol–water partition coefficient (Wildman–Crippen LogP) is 2.09. The molecule has 0 aliphatic rings. The second-order valence-corrected chi connectivity index (χ2v) is 6.82. The van der Waals surface area contributed by atoms with E-state index in [9.17, 15) is 14.9 Å². The fraction of sp³-hybridized carbons (Fsp3) is 0.667. The molecule has 1 aromatic carbocycles. The van der Waals surface area contributed by atoms with Crippen molar-refractivity contribution in [3.05, 3.63) is 27.8 Å². The minimum Gasteiger partial charge on any atom is -0.490 e. The Morgan fingerprint density at radius 1 is 0.735 bits per heavy atom. The number of halogens is 1. The number of nitro groups is 1. The molecule has 0 heterocycles. The number of benzene rings is 1. The quantitative estimate of drug-likeness (QED) is 0.0983. The van der Waals surface area contributed by atoms with Crippen LogP contribution >= 0.6 is 11.6 Å². The average molecular weight is 510 g/mol. The van der Waals surface area contributed by atoms with E-state index < -0.39 is 15.9 Å². The number of hydrogen-bond donors (Lipinski definition) is 0. The molecule has 0 N–H and O–H groups in total. The summed E-state index contributed by atoms with van der Waals surface area (Å²) >= 11 is 5.59. The van der Waals surface area contributed by atoms with Crippen molar-refractivity contribution in [1.29, 1.82) is 0 Å². The molecule has 0 spiro atoms. The highest BCUT2D eigenvalue weighted by atomic mass is 35.5. The molecule has 0 bridgehead atoms. The summed E-state index contributed by atoms with van der Waals surface area (Å²) in [6.45, 7) is 3.89. The first-order valence-corrected chi connectivity index (χ1v) is 11.0. The Morgan fingerprint density at radius 2 is 1.15 bits per heavy atom. The number of methoxy groups -OCH3 is 2. The molecule has 13 heteroatoms. The summed E-state index contributed by atoms with van der Waals surface area (Å²) in [6.07, 6.45) is 0. The fourth-order valence-corrected chi connectivity index (χ4v) is 2.58. The number of nitrogens with zero attached hydrogens (tertiary/aromatic N) is 1. The molecule has 0 radical (unpaired) electrons. The van der Waals surface area contributed by atoms with Crippen LogP contribution in [0.4, 0.5) is 5.69 Å². The number of carbonyl (C=O) groups is 1. The van der Waals surface area contributed by atoms with Crippen molar-refractivity contribution in [3.63, 3.8) is 0 Å². The highest BCUT2D eigenvalue weighted by Gasteiger charge is 2.23. The lowest BCUT2D eigenvalue weighted by Crippen LogP contribution is -2.14. The SMILES string of the molecule is COCCOCCOCCOc1cc(OCCOCCOCCOC)c([N+](=O)[O-])cc1C(=O)Cl. The van der Waals surface area contributed by atoms with Crippen LogP contribution in [0.3, 0.4) is 0 Å². The maximum absolute atomic E-state index is 11.8. The molecule has 0 aromatic heterocycles. The molecular weight excluding hydrogens is 478 g/mol. The van der Waals surface area contributed by atoms with Gasteiger partial charge >= 0.3 is 5.69 Å². The average Bonchev–Trinajstić information content (AvgIpc) is 2.81. The lowest BCUT2D eigenvalue weighted by atomic mass is 10.1. The third kappa shape index (κ3) is 13.0. The zero-order chi connectivity index (χ0) is 25.0. The zero-order valence-corrected chi connectivity index (χ0v) is 20.2. The van der Waals surface area contributed by atoms with Gasteiger partial charge in [-0.3, -0.25) is 14.9 Å². The van der Waals surface area contributed by atoms with E-state index in [0.29, 0.717) is 52.9 Å². The summed E-state index contributed by atoms with van der Waals surface area (Å²) in [6, 6.07) is 2.28. The Hall–Kier alpha value is -2.06. The summed E-state index contributed by atoms with van der Waals surface area (Å²) in [5, 5.41) is 10.5. The molecule has 0 saturated heterocycles. The van der Waals surface area contributed by atoms with E-state index >= 15 is 0 Å². The number of hydrogen-bond acceptors (Lipinski definition) is 11. The minimum absolute atomic E-state index is 0.0404. The lowest BCUT2D eigenvalue weighted by Gasteiger charge is -2.13. The Kier molecular flexibility index (Phi) is 17.0. The van der Waals surface area contributed by atoms with Crippen LogP contribution in [-0.2, 0) is 28.4 Å². The van der Waals surface area contributed by atoms with Gasteiger partial charge < -0.3 is 37.9 Å². The van der Waals surface area contributed by atoms with Crippen molar-refractivity contribution in [2.24, 2.45) is 0 Å². The summed E-state index contributed by atoms with van der Waals surface area (Å²) in [7, 11) is 3.17. The molecular formula is C21H32ClNO11. The maximum Gasteiger partial charge on any atom is 0.311 e. The molecule has 34 heavy (non-hydrogen) atoms. The Morgan fingerprint density at radius 3 is 1.56 bits per heavy atom. The summed E-state index contributed by atoms with van der Waals surface area (Å²) in [5.74, 6) is -0.0259. The van der Waals surface area contributed by atoms with Gasteiger partial charge in [0.25, 0.3) is 5.24 Å². The summed E-state index contributed by atoms with van der Waals surface area (Å²) in [5.41, 5.74) is -0.559. The smallest absolute Gasteiger partial charge is 0.311 e. The highest BCUT2D eigenvalue weighted by molar-refractivity contribution is 6.68. The van der Waals surface area contributed by atoms with Gasteiger partial charge in [-0.2, -0.15) is 0 Å². The van der Waals surface area contributed by atoms with Gasteiger partial charge in [-0.1, -0.05) is 0 Å². The normalized spacial score (nSPS) is 10.9. The monoisotopic (exact) mass is 509 g/mol. The lowest BCUT2D eigenvalue weighted by molar-refractivity contribution is -0.385. The van der Waals surface area contributed by atoms with Crippen LogP contribution in [0.25, 0.3) is 0 Å². The molecule has 0 fully saturated rings. The van der Waals surface area contributed by atoms with Crippen molar-refractivity contribution in [2.45, 2.75) is 0 Å². The summed E-state index contributed by atoms with van der Waals surface area (Å²) < 4.78 is 42.0. The van der Waals surface area contributed by atoms with E-state index in [4.69, 9.17) is 49.5 Å².